The fraction of sp³-hybridized carbons (Fsp3) is 0.364. The van der Waals surface area contributed by atoms with Crippen molar-refractivity contribution < 1.29 is 31.1 Å². The number of carbonyl (C=O) groups excluding carboxylic acids is 1. The van der Waals surface area contributed by atoms with E-state index in [0.29, 0.717) is 12.1 Å². The summed E-state index contributed by atoms with van der Waals surface area (Å²) in [6.07, 6.45) is -9.14. The smallest absolute Gasteiger partial charge is 0.325 e. The topological polar surface area (TPSA) is 41.1 Å². The van der Waals surface area contributed by atoms with E-state index in [9.17, 15) is 31.1 Å². The molecule has 0 bridgehead atoms. The van der Waals surface area contributed by atoms with Crippen molar-refractivity contribution in [2.75, 3.05) is 18.4 Å². The van der Waals surface area contributed by atoms with E-state index in [1.165, 1.54) is 0 Å². The van der Waals surface area contributed by atoms with Crippen LogP contribution in [-0.2, 0) is 11.0 Å². The van der Waals surface area contributed by atoms with Crippen molar-refractivity contribution in [1.29, 1.82) is 0 Å². The zero-order valence-electron chi connectivity index (χ0n) is 10.2. The fourth-order valence-corrected chi connectivity index (χ4v) is 1.58. The quantitative estimate of drug-likeness (QED) is 0.828. The molecule has 0 aliphatic rings. The van der Waals surface area contributed by atoms with Gasteiger partial charge in [-0.2, -0.15) is 26.3 Å². The normalized spacial score (nSPS) is 12.3. The Morgan fingerprint density at radius 3 is 2.24 bits per heavy atom. The van der Waals surface area contributed by atoms with Crippen LogP contribution in [0.25, 0.3) is 0 Å². The Bertz CT molecular complexity index is 514. The third kappa shape index (κ3) is 6.67. The summed E-state index contributed by atoms with van der Waals surface area (Å²) in [6.45, 7) is -2.09. The highest BCUT2D eigenvalue weighted by atomic mass is 35.5. The van der Waals surface area contributed by atoms with E-state index in [-0.39, 0.29) is 10.7 Å². The maximum atomic E-state index is 12.5. The molecule has 0 aromatic heterocycles. The molecule has 1 rings (SSSR count). The average Bonchev–Trinajstić information content (AvgIpc) is 2.24. The molecule has 0 fully saturated rings. The van der Waals surface area contributed by atoms with Crippen molar-refractivity contribution in [3.63, 3.8) is 0 Å². The molecule has 3 nitrogen and oxygen atoms in total. The van der Waals surface area contributed by atoms with E-state index in [4.69, 9.17) is 11.6 Å². The number of carbonyl (C=O) groups is 1. The summed E-state index contributed by atoms with van der Waals surface area (Å²) in [5.41, 5.74) is -1.33. The molecule has 0 aliphatic carbocycles. The van der Waals surface area contributed by atoms with Crippen molar-refractivity contribution >= 4 is 23.2 Å². The Balaban J connectivity index is 2.66. The first-order valence-corrected chi connectivity index (χ1v) is 5.80. The van der Waals surface area contributed by atoms with Gasteiger partial charge in [-0.1, -0.05) is 11.6 Å². The van der Waals surface area contributed by atoms with Gasteiger partial charge in [0.2, 0.25) is 5.91 Å². The predicted octanol–water partition coefficient (Wildman–Crippen LogP) is 3.45. The number of anilines is 1. The van der Waals surface area contributed by atoms with Crippen LogP contribution in [0.2, 0.25) is 5.02 Å². The minimum Gasteiger partial charge on any atom is -0.325 e. The second-order valence-corrected chi connectivity index (χ2v) is 4.43. The van der Waals surface area contributed by atoms with Crippen LogP contribution in [0.5, 0.6) is 0 Å². The van der Waals surface area contributed by atoms with Crippen LogP contribution in [0.3, 0.4) is 0 Å². The predicted molar refractivity (Wildman–Crippen MR) is 64.0 cm³/mol. The number of hydrogen-bond acceptors (Lipinski definition) is 2. The lowest BCUT2D eigenvalue weighted by Crippen LogP contribution is -2.35. The summed E-state index contributed by atoms with van der Waals surface area (Å²) in [5, 5.41) is 3.58. The van der Waals surface area contributed by atoms with Crippen LogP contribution in [0.4, 0.5) is 32.0 Å². The Kier molecular flexibility index (Phi) is 5.46. The van der Waals surface area contributed by atoms with Gasteiger partial charge < -0.3 is 10.6 Å². The maximum absolute atomic E-state index is 12.5. The minimum absolute atomic E-state index is 0.256. The van der Waals surface area contributed by atoms with Gasteiger partial charge in [-0.25, -0.2) is 0 Å². The first-order chi connectivity index (χ1) is 9.47. The molecule has 2 N–H and O–H groups in total. The van der Waals surface area contributed by atoms with Gasteiger partial charge in [-0.05, 0) is 18.2 Å². The summed E-state index contributed by atoms with van der Waals surface area (Å²) in [5.74, 6) is -0.922. The Labute approximate surface area is 120 Å². The van der Waals surface area contributed by atoms with Crippen molar-refractivity contribution in [3.05, 3.63) is 28.8 Å². The van der Waals surface area contributed by atoms with E-state index in [0.717, 1.165) is 6.07 Å². The molecule has 0 spiro atoms. The highest BCUT2D eigenvalue weighted by Crippen LogP contribution is 2.33. The van der Waals surface area contributed by atoms with Crippen LogP contribution in [0, 0.1) is 0 Å². The second kappa shape index (κ2) is 6.52. The molecule has 0 saturated heterocycles. The third-order valence-corrected chi connectivity index (χ3v) is 2.34. The summed E-state index contributed by atoms with van der Waals surface area (Å²) < 4.78 is 73.0. The van der Waals surface area contributed by atoms with Crippen LogP contribution < -0.4 is 10.6 Å². The van der Waals surface area contributed by atoms with Crippen molar-refractivity contribution in [2.45, 2.75) is 12.4 Å². The van der Waals surface area contributed by atoms with Crippen molar-refractivity contribution in [3.8, 4) is 0 Å². The summed E-state index contributed by atoms with van der Waals surface area (Å²) in [7, 11) is 0. The monoisotopic (exact) mass is 334 g/mol. The molecule has 1 aromatic carbocycles. The lowest BCUT2D eigenvalue weighted by Gasteiger charge is -2.12. The lowest BCUT2D eigenvalue weighted by atomic mass is 10.2. The molecule has 0 aliphatic heterocycles. The van der Waals surface area contributed by atoms with Gasteiger partial charge in [0, 0.05) is 10.7 Å². The molecule has 0 unspecified atom stereocenters. The molecule has 1 aromatic rings. The van der Waals surface area contributed by atoms with Crippen molar-refractivity contribution in [2.24, 2.45) is 0 Å². The van der Waals surface area contributed by atoms with Gasteiger partial charge in [0.25, 0.3) is 0 Å². The Morgan fingerprint density at radius 2 is 1.71 bits per heavy atom. The second-order valence-electron chi connectivity index (χ2n) is 3.99. The highest BCUT2D eigenvalue weighted by molar-refractivity contribution is 6.31. The van der Waals surface area contributed by atoms with Crippen LogP contribution in [-0.4, -0.2) is 25.2 Å². The lowest BCUT2D eigenvalue weighted by molar-refractivity contribution is -0.137. The van der Waals surface area contributed by atoms with Gasteiger partial charge in [0.05, 0.1) is 18.7 Å². The number of benzene rings is 1. The van der Waals surface area contributed by atoms with Gasteiger partial charge >= 0.3 is 12.4 Å². The zero-order chi connectivity index (χ0) is 16.3. The van der Waals surface area contributed by atoms with E-state index < -0.39 is 36.9 Å². The van der Waals surface area contributed by atoms with E-state index in [1.54, 1.807) is 0 Å². The molecular formula is C11H9ClF6N2O. The Morgan fingerprint density at radius 1 is 1.10 bits per heavy atom. The molecular weight excluding hydrogens is 326 g/mol. The van der Waals surface area contributed by atoms with Gasteiger partial charge in [-0.15, -0.1) is 0 Å². The number of nitrogens with one attached hydrogen (secondary N) is 2. The third-order valence-electron chi connectivity index (χ3n) is 2.12. The minimum atomic E-state index is -4.65. The van der Waals surface area contributed by atoms with Gasteiger partial charge in [-0.3, -0.25) is 4.79 Å². The molecule has 0 heterocycles. The molecule has 1 amide bonds. The summed E-state index contributed by atoms with van der Waals surface area (Å²) in [6, 6.07) is 2.35. The van der Waals surface area contributed by atoms with Gasteiger partial charge in [0.15, 0.2) is 0 Å². The maximum Gasteiger partial charge on any atom is 0.416 e. The zero-order valence-corrected chi connectivity index (χ0v) is 11.0. The molecule has 0 radical (unpaired) electrons. The fourth-order valence-electron chi connectivity index (χ4n) is 1.35. The molecule has 0 saturated carbocycles. The molecule has 10 heteroatoms. The number of rotatable bonds is 4. The van der Waals surface area contributed by atoms with E-state index in [2.05, 4.69) is 0 Å². The van der Waals surface area contributed by atoms with Crippen LogP contribution in [0.1, 0.15) is 5.56 Å². The molecule has 0 atom stereocenters. The number of amides is 1. The number of halogens is 7. The van der Waals surface area contributed by atoms with Gasteiger partial charge in [0.1, 0.15) is 0 Å². The van der Waals surface area contributed by atoms with Crippen molar-refractivity contribution in [1.82, 2.24) is 5.32 Å². The largest absolute Gasteiger partial charge is 0.416 e. The number of hydrogen-bond donors (Lipinski definition) is 2. The average molecular weight is 335 g/mol. The van der Waals surface area contributed by atoms with E-state index in [1.807, 2.05) is 10.6 Å². The highest BCUT2D eigenvalue weighted by Gasteiger charge is 2.31. The first-order valence-electron chi connectivity index (χ1n) is 5.42. The first kappa shape index (κ1) is 17.6. The summed E-state index contributed by atoms with van der Waals surface area (Å²) >= 11 is 5.49. The standard InChI is InChI=1S/C11H9ClF6N2O/c12-7-1-6(11(16,17)18)2-8(3-7)20-9(21)4-19-5-10(13,14)15/h1-3,19H,4-5H2,(H,20,21). The number of alkyl halides is 6. The molecule has 118 valence electrons. The Hall–Kier alpha value is -1.48. The summed E-state index contributed by atoms with van der Waals surface area (Å²) in [4.78, 5) is 11.3. The van der Waals surface area contributed by atoms with Crippen LogP contribution >= 0.6 is 11.6 Å². The van der Waals surface area contributed by atoms with E-state index >= 15 is 0 Å². The van der Waals surface area contributed by atoms with Crippen LogP contribution in [0.15, 0.2) is 18.2 Å². The molecule has 21 heavy (non-hydrogen) atoms. The SMILES string of the molecule is O=C(CNCC(F)(F)F)Nc1cc(Cl)cc(C(F)(F)F)c1.